The Kier molecular flexibility index (Phi) is 8.33. The van der Waals surface area contributed by atoms with E-state index in [1.54, 1.807) is 0 Å². The van der Waals surface area contributed by atoms with Crippen LogP contribution in [0.25, 0.3) is 64.3 Å². The van der Waals surface area contributed by atoms with Gasteiger partial charge in [0.15, 0.2) is 0 Å². The van der Waals surface area contributed by atoms with E-state index in [0.717, 1.165) is 17.1 Å². The van der Waals surface area contributed by atoms with Gasteiger partial charge in [-0.1, -0.05) is 194 Å². The van der Waals surface area contributed by atoms with Gasteiger partial charge in [0.2, 0.25) is 0 Å². The van der Waals surface area contributed by atoms with Crippen molar-refractivity contribution in [1.29, 1.82) is 0 Å². The average Bonchev–Trinajstić information content (AvgIpc) is 3.87. The molecule has 11 aromatic rings. The summed E-state index contributed by atoms with van der Waals surface area (Å²) in [5.41, 5.74) is 15.5. The topological polar surface area (TPSA) is 3.24 Å². The number of hydrogen-bond acceptors (Lipinski definition) is 2. The van der Waals surface area contributed by atoms with Crippen LogP contribution in [-0.2, 0) is 5.41 Å². The Morgan fingerprint density at radius 3 is 1.56 bits per heavy atom. The fraction of sp³-hybridized carbons (Fsp3) is 0.0169. The van der Waals surface area contributed by atoms with Gasteiger partial charge in [-0.3, -0.25) is 0 Å². The van der Waals surface area contributed by atoms with Gasteiger partial charge in [-0.25, -0.2) is 0 Å². The molecule has 0 aliphatic heterocycles. The normalized spacial score (nSPS) is 12.7. The zero-order valence-corrected chi connectivity index (χ0v) is 34.2. The molecule has 0 saturated heterocycles. The van der Waals surface area contributed by atoms with Crippen molar-refractivity contribution in [1.82, 2.24) is 0 Å². The summed E-state index contributed by atoms with van der Waals surface area (Å²) in [6.45, 7) is 0. The number of rotatable bonds is 7. The van der Waals surface area contributed by atoms with Crippen LogP contribution in [0.2, 0.25) is 0 Å². The maximum Gasteiger partial charge on any atom is 0.0713 e. The van der Waals surface area contributed by atoms with Gasteiger partial charge in [-0.05, 0) is 109 Å². The lowest BCUT2D eigenvalue weighted by molar-refractivity contribution is 0.768. The number of hydrogen-bond donors (Lipinski definition) is 0. The van der Waals surface area contributed by atoms with Gasteiger partial charge in [-0.2, -0.15) is 0 Å². The van der Waals surface area contributed by atoms with E-state index < -0.39 is 5.41 Å². The SMILES string of the molecule is c1ccc(-c2ccc(C3(c4ccc(N(c5ccc(-c6cccc7c6sc6ccccc67)cc5)c5ccc6ccccc6c5)cc4)c4ccccc4-c4ccccc43)cc2)cc1. The molecule has 1 heterocycles. The molecule has 2 heteroatoms. The third-order valence-corrected chi connectivity index (χ3v) is 14.0. The molecular formula is C59H39NS. The van der Waals surface area contributed by atoms with Crippen LogP contribution in [0.3, 0.4) is 0 Å². The van der Waals surface area contributed by atoms with E-state index in [2.05, 4.69) is 241 Å². The zero-order chi connectivity index (χ0) is 40.3. The van der Waals surface area contributed by atoms with Crippen LogP contribution in [0, 0.1) is 0 Å². The molecule has 10 aromatic carbocycles. The van der Waals surface area contributed by atoms with E-state index in [1.807, 2.05) is 11.3 Å². The van der Waals surface area contributed by atoms with Crippen LogP contribution in [0.5, 0.6) is 0 Å². The molecule has 0 atom stereocenters. The van der Waals surface area contributed by atoms with Crippen molar-refractivity contribution in [2.24, 2.45) is 0 Å². The van der Waals surface area contributed by atoms with Crippen molar-refractivity contribution >= 4 is 59.3 Å². The first-order valence-electron chi connectivity index (χ1n) is 21.0. The lowest BCUT2D eigenvalue weighted by Gasteiger charge is -2.34. The quantitative estimate of drug-likeness (QED) is 0.155. The van der Waals surface area contributed by atoms with Crippen molar-refractivity contribution in [2.75, 3.05) is 4.90 Å². The molecule has 286 valence electrons. The summed E-state index contributed by atoms with van der Waals surface area (Å²) in [6.07, 6.45) is 0. The summed E-state index contributed by atoms with van der Waals surface area (Å²) in [5, 5.41) is 5.08. The average molecular weight is 794 g/mol. The first kappa shape index (κ1) is 35.4. The molecular weight excluding hydrogens is 755 g/mol. The van der Waals surface area contributed by atoms with E-state index in [9.17, 15) is 0 Å². The lowest BCUT2D eigenvalue weighted by atomic mass is 9.67. The molecule has 0 spiro atoms. The van der Waals surface area contributed by atoms with E-state index in [-0.39, 0.29) is 0 Å². The van der Waals surface area contributed by atoms with E-state index >= 15 is 0 Å². The minimum Gasteiger partial charge on any atom is -0.310 e. The van der Waals surface area contributed by atoms with Gasteiger partial charge < -0.3 is 4.90 Å². The van der Waals surface area contributed by atoms with Gasteiger partial charge >= 0.3 is 0 Å². The first-order chi connectivity index (χ1) is 30.2. The van der Waals surface area contributed by atoms with Crippen molar-refractivity contribution in [2.45, 2.75) is 5.41 Å². The number of thiophene rings is 1. The second kappa shape index (κ2) is 14.3. The van der Waals surface area contributed by atoms with Crippen molar-refractivity contribution < 1.29 is 0 Å². The molecule has 1 aromatic heterocycles. The third-order valence-electron chi connectivity index (χ3n) is 12.8. The Hall–Kier alpha value is -7.52. The summed E-state index contributed by atoms with van der Waals surface area (Å²) in [7, 11) is 0. The van der Waals surface area contributed by atoms with Crippen LogP contribution >= 0.6 is 11.3 Å². The second-order valence-electron chi connectivity index (χ2n) is 16.0. The molecule has 0 fully saturated rings. The van der Waals surface area contributed by atoms with Crippen LogP contribution in [0.1, 0.15) is 22.3 Å². The summed E-state index contributed by atoms with van der Waals surface area (Å²) in [6, 6.07) is 87.3. The van der Waals surface area contributed by atoms with E-state index in [4.69, 9.17) is 0 Å². The highest BCUT2D eigenvalue weighted by Crippen LogP contribution is 2.56. The molecule has 0 radical (unpaired) electrons. The summed E-state index contributed by atoms with van der Waals surface area (Å²) < 4.78 is 2.65. The zero-order valence-electron chi connectivity index (χ0n) is 33.4. The molecule has 1 nitrogen and oxygen atoms in total. The third kappa shape index (κ3) is 5.68. The van der Waals surface area contributed by atoms with Gasteiger partial charge in [-0.15, -0.1) is 11.3 Å². The Labute approximate surface area is 360 Å². The number of nitrogens with zero attached hydrogens (tertiary/aromatic N) is 1. The van der Waals surface area contributed by atoms with Crippen molar-refractivity contribution in [3.8, 4) is 33.4 Å². The van der Waals surface area contributed by atoms with Crippen LogP contribution in [-0.4, -0.2) is 0 Å². The fourth-order valence-corrected chi connectivity index (χ4v) is 11.2. The fourth-order valence-electron chi connectivity index (χ4n) is 9.96. The highest BCUT2D eigenvalue weighted by molar-refractivity contribution is 7.26. The molecule has 0 unspecified atom stereocenters. The molecule has 0 N–H and O–H groups in total. The number of benzene rings is 10. The summed E-state index contributed by atoms with van der Waals surface area (Å²) in [5.74, 6) is 0. The van der Waals surface area contributed by atoms with Gasteiger partial charge in [0.1, 0.15) is 0 Å². The molecule has 12 rings (SSSR count). The second-order valence-corrected chi connectivity index (χ2v) is 17.1. The smallest absolute Gasteiger partial charge is 0.0713 e. The van der Waals surface area contributed by atoms with Gasteiger partial charge in [0, 0.05) is 37.2 Å². The predicted octanol–water partition coefficient (Wildman–Crippen LogP) is 16.4. The Balaban J connectivity index is 1.00. The lowest BCUT2D eigenvalue weighted by Crippen LogP contribution is -2.28. The number of anilines is 3. The maximum atomic E-state index is 2.40. The number of fused-ring (bicyclic) bond motifs is 7. The minimum absolute atomic E-state index is 0.496. The molecule has 0 saturated carbocycles. The largest absolute Gasteiger partial charge is 0.310 e. The molecule has 1 aliphatic carbocycles. The molecule has 1 aliphatic rings. The van der Waals surface area contributed by atoms with Crippen molar-refractivity contribution in [3.63, 3.8) is 0 Å². The van der Waals surface area contributed by atoms with Crippen LogP contribution in [0.15, 0.2) is 237 Å². The van der Waals surface area contributed by atoms with Crippen LogP contribution < -0.4 is 4.90 Å². The van der Waals surface area contributed by atoms with Crippen molar-refractivity contribution in [3.05, 3.63) is 259 Å². The summed E-state index contributed by atoms with van der Waals surface area (Å²) in [4.78, 5) is 2.40. The molecule has 0 amide bonds. The maximum absolute atomic E-state index is 2.40. The first-order valence-corrected chi connectivity index (χ1v) is 21.8. The van der Waals surface area contributed by atoms with Gasteiger partial charge in [0.05, 0.1) is 5.41 Å². The standard InChI is InChI=1S/C59H39NS/c1-2-13-40(14-3-1)42-25-30-45(31-26-42)59(55-22-9-6-17-51(55)52-18-7-10-23-56(52)59)46-32-37-48(38-33-46)60(49-36-27-41-15-4-5-16-44(41)39-49)47-34-28-43(29-35-47)50-20-12-21-54-53-19-8-11-24-57(53)61-58(50)54/h1-39H. The highest BCUT2D eigenvalue weighted by atomic mass is 32.1. The Morgan fingerprint density at radius 1 is 0.328 bits per heavy atom. The van der Waals surface area contributed by atoms with Crippen LogP contribution in [0.4, 0.5) is 17.1 Å². The van der Waals surface area contributed by atoms with E-state index in [0.29, 0.717) is 0 Å². The predicted molar refractivity (Wildman–Crippen MR) is 260 cm³/mol. The van der Waals surface area contributed by atoms with E-state index in [1.165, 1.54) is 86.6 Å². The summed E-state index contributed by atoms with van der Waals surface area (Å²) >= 11 is 1.88. The highest BCUT2D eigenvalue weighted by Gasteiger charge is 2.46. The Morgan fingerprint density at radius 2 is 0.836 bits per heavy atom. The Bertz CT molecular complexity index is 3350. The monoisotopic (exact) mass is 793 g/mol. The van der Waals surface area contributed by atoms with Gasteiger partial charge in [0.25, 0.3) is 0 Å². The molecule has 0 bridgehead atoms. The minimum atomic E-state index is -0.496. The molecule has 61 heavy (non-hydrogen) atoms.